The summed E-state index contributed by atoms with van der Waals surface area (Å²) in [6.07, 6.45) is 2.12. The Bertz CT molecular complexity index is 1700. The summed E-state index contributed by atoms with van der Waals surface area (Å²) in [6.45, 7) is 3.89. The molecule has 2 aromatic carbocycles. The second kappa shape index (κ2) is 10.8. The zero-order chi connectivity index (χ0) is 26.8. The normalized spacial score (nSPS) is 12.1. The van der Waals surface area contributed by atoms with Gasteiger partial charge in [-0.05, 0) is 43.2 Å². The first kappa shape index (κ1) is 25.7. The first-order chi connectivity index (χ1) is 18.4. The predicted molar refractivity (Wildman–Crippen MR) is 151 cm³/mol. The van der Waals surface area contributed by atoms with E-state index < -0.39 is 12.0 Å². The predicted octanol–water partition coefficient (Wildman–Crippen LogP) is 4.54. The van der Waals surface area contributed by atoms with Crippen molar-refractivity contribution in [3.8, 4) is 5.69 Å². The number of nitrogens with one attached hydrogen (secondary N) is 2. The maximum Gasteiger partial charge on any atom is 0.328 e. The molecule has 5 aromatic rings. The van der Waals surface area contributed by atoms with Gasteiger partial charge in [-0.1, -0.05) is 48.2 Å². The van der Waals surface area contributed by atoms with E-state index >= 15 is 0 Å². The number of aryl methyl sites for hydroxylation is 2. The van der Waals surface area contributed by atoms with Gasteiger partial charge in [0.2, 0.25) is 5.91 Å². The van der Waals surface area contributed by atoms with E-state index in [0.717, 1.165) is 38.7 Å². The van der Waals surface area contributed by atoms with Gasteiger partial charge in [0.1, 0.15) is 10.9 Å². The Kier molecular flexibility index (Phi) is 7.35. The molecule has 0 radical (unpaired) electrons. The van der Waals surface area contributed by atoms with Gasteiger partial charge < -0.3 is 15.0 Å². The van der Waals surface area contributed by atoms with Gasteiger partial charge in [-0.3, -0.25) is 14.2 Å². The van der Waals surface area contributed by atoms with Crippen molar-refractivity contribution in [3.63, 3.8) is 0 Å². The van der Waals surface area contributed by atoms with Gasteiger partial charge in [0.05, 0.1) is 23.9 Å². The highest BCUT2D eigenvalue weighted by molar-refractivity contribution is 7.99. The van der Waals surface area contributed by atoms with Crippen molar-refractivity contribution < 1.29 is 14.3 Å². The van der Waals surface area contributed by atoms with E-state index in [2.05, 4.69) is 10.3 Å². The number of aromatic nitrogens is 3. The number of ether oxygens (including phenoxy) is 1. The Balaban J connectivity index is 1.40. The number of hydrogen-bond donors (Lipinski definition) is 2. The van der Waals surface area contributed by atoms with Crippen LogP contribution in [-0.4, -0.2) is 45.3 Å². The summed E-state index contributed by atoms with van der Waals surface area (Å²) in [5.74, 6) is -0.924. The molecule has 2 N–H and O–H groups in total. The summed E-state index contributed by atoms with van der Waals surface area (Å²) in [5, 5.41) is 4.79. The van der Waals surface area contributed by atoms with Crippen LogP contribution >= 0.6 is 23.1 Å². The number of carbonyl (C=O) groups is 2. The molecule has 5 rings (SSSR count). The lowest BCUT2D eigenvalue weighted by atomic mass is 10.0. The van der Waals surface area contributed by atoms with Gasteiger partial charge in [0, 0.05) is 28.4 Å². The molecule has 38 heavy (non-hydrogen) atoms. The maximum atomic E-state index is 13.6. The molecule has 1 atom stereocenters. The summed E-state index contributed by atoms with van der Waals surface area (Å²) in [5.41, 5.74) is 3.27. The summed E-state index contributed by atoms with van der Waals surface area (Å²) in [6, 6.07) is 16.2. The van der Waals surface area contributed by atoms with Gasteiger partial charge >= 0.3 is 5.97 Å². The highest BCUT2D eigenvalue weighted by Gasteiger charge is 2.24. The quantitative estimate of drug-likeness (QED) is 0.168. The SMILES string of the molecule is COC(=O)[C@H](Cc1c[nH]c2ccccc12)NC(=O)CSc1nc2sc(C)c(C)c2c(=O)n1-c1ccccc1. The van der Waals surface area contributed by atoms with Crippen LogP contribution < -0.4 is 10.9 Å². The maximum absolute atomic E-state index is 13.6. The molecule has 10 heteroatoms. The van der Waals surface area contributed by atoms with Gasteiger partial charge in [0.15, 0.2) is 5.16 Å². The van der Waals surface area contributed by atoms with Crippen molar-refractivity contribution in [2.75, 3.05) is 12.9 Å². The number of fused-ring (bicyclic) bond motifs is 2. The molecule has 1 amide bonds. The lowest BCUT2D eigenvalue weighted by Crippen LogP contribution is -2.43. The third-order valence-electron chi connectivity index (χ3n) is 6.44. The minimum atomic E-state index is -0.860. The Labute approximate surface area is 227 Å². The standard InChI is InChI=1S/C28H26N4O4S2/c1-16-17(2)38-25-24(16)26(34)32(19-9-5-4-6-10-19)28(31-25)37-15-23(33)30-22(27(35)36-3)13-18-14-29-21-12-8-7-11-20(18)21/h4-12,14,22,29H,13,15H2,1-3H3,(H,30,33)/t22-/m0/s1. The number of thiophene rings is 1. The van der Waals surface area contributed by atoms with E-state index in [9.17, 15) is 14.4 Å². The molecule has 0 saturated heterocycles. The minimum absolute atomic E-state index is 0.0322. The summed E-state index contributed by atoms with van der Waals surface area (Å²) in [4.78, 5) is 48.8. The molecular formula is C28H26N4O4S2. The zero-order valence-electron chi connectivity index (χ0n) is 21.1. The number of nitrogens with zero attached hydrogens (tertiary/aromatic N) is 2. The van der Waals surface area contributed by atoms with Crippen molar-refractivity contribution in [2.24, 2.45) is 0 Å². The van der Waals surface area contributed by atoms with E-state index in [1.165, 1.54) is 18.4 Å². The van der Waals surface area contributed by atoms with Crippen LogP contribution in [0.25, 0.3) is 26.8 Å². The molecule has 0 aliphatic heterocycles. The van der Waals surface area contributed by atoms with Crippen molar-refractivity contribution in [1.82, 2.24) is 19.9 Å². The molecule has 0 aliphatic rings. The van der Waals surface area contributed by atoms with Gasteiger partial charge in [0.25, 0.3) is 5.56 Å². The second-order valence-corrected chi connectivity index (χ2v) is 11.0. The first-order valence-electron chi connectivity index (χ1n) is 12.0. The highest BCUT2D eigenvalue weighted by Crippen LogP contribution is 2.29. The number of aromatic amines is 1. The molecule has 3 heterocycles. The van der Waals surface area contributed by atoms with Crippen LogP contribution in [0.2, 0.25) is 0 Å². The molecule has 0 saturated carbocycles. The van der Waals surface area contributed by atoms with Crippen LogP contribution in [0.3, 0.4) is 0 Å². The van der Waals surface area contributed by atoms with Crippen molar-refractivity contribution in [1.29, 1.82) is 0 Å². The van der Waals surface area contributed by atoms with E-state index in [4.69, 9.17) is 9.72 Å². The van der Waals surface area contributed by atoms with Crippen LogP contribution in [0, 0.1) is 13.8 Å². The molecule has 0 fully saturated rings. The Hall–Kier alpha value is -3.89. The monoisotopic (exact) mass is 546 g/mol. The number of methoxy groups -OCH3 is 1. The zero-order valence-corrected chi connectivity index (χ0v) is 22.7. The Morgan fingerprint density at radius 2 is 1.87 bits per heavy atom. The fraction of sp³-hybridized carbons (Fsp3) is 0.214. The van der Waals surface area contributed by atoms with Crippen LogP contribution in [0.4, 0.5) is 0 Å². The lowest BCUT2D eigenvalue weighted by Gasteiger charge is -2.17. The molecule has 0 aliphatic carbocycles. The topological polar surface area (TPSA) is 106 Å². The summed E-state index contributed by atoms with van der Waals surface area (Å²) in [7, 11) is 1.30. The van der Waals surface area contributed by atoms with Crippen LogP contribution in [0.5, 0.6) is 0 Å². The largest absolute Gasteiger partial charge is 0.467 e. The number of thioether (sulfide) groups is 1. The summed E-state index contributed by atoms with van der Waals surface area (Å²) < 4.78 is 6.51. The molecule has 8 nitrogen and oxygen atoms in total. The van der Waals surface area contributed by atoms with Crippen molar-refractivity contribution >= 4 is 56.1 Å². The smallest absolute Gasteiger partial charge is 0.328 e. The average Bonchev–Trinajstić information content (AvgIpc) is 3.46. The van der Waals surface area contributed by atoms with E-state index in [1.807, 2.05) is 74.6 Å². The highest BCUT2D eigenvalue weighted by atomic mass is 32.2. The molecular weight excluding hydrogens is 520 g/mol. The van der Waals surface area contributed by atoms with Crippen molar-refractivity contribution in [3.05, 3.63) is 87.2 Å². The minimum Gasteiger partial charge on any atom is -0.467 e. The first-order valence-corrected chi connectivity index (χ1v) is 13.8. The summed E-state index contributed by atoms with van der Waals surface area (Å²) >= 11 is 2.62. The number of benzene rings is 2. The number of H-pyrrole nitrogens is 1. The number of hydrogen-bond acceptors (Lipinski definition) is 7. The molecule has 0 unspecified atom stereocenters. The van der Waals surface area contributed by atoms with Crippen LogP contribution in [0.1, 0.15) is 16.0 Å². The van der Waals surface area contributed by atoms with E-state index in [-0.39, 0.29) is 23.6 Å². The third kappa shape index (κ3) is 4.97. The average molecular weight is 547 g/mol. The van der Waals surface area contributed by atoms with E-state index in [0.29, 0.717) is 21.1 Å². The van der Waals surface area contributed by atoms with Crippen LogP contribution in [-0.2, 0) is 20.7 Å². The number of rotatable bonds is 8. The third-order valence-corrected chi connectivity index (χ3v) is 8.48. The fourth-order valence-electron chi connectivity index (χ4n) is 4.40. The number of para-hydroxylation sites is 2. The van der Waals surface area contributed by atoms with Gasteiger partial charge in [-0.2, -0.15) is 0 Å². The van der Waals surface area contributed by atoms with Gasteiger partial charge in [-0.25, -0.2) is 9.78 Å². The Morgan fingerprint density at radius 1 is 1.13 bits per heavy atom. The lowest BCUT2D eigenvalue weighted by molar-refractivity contribution is -0.144. The molecule has 0 bridgehead atoms. The number of carbonyl (C=O) groups excluding carboxylic acids is 2. The fourth-order valence-corrected chi connectivity index (χ4v) is 6.29. The second-order valence-electron chi connectivity index (χ2n) is 8.83. The number of esters is 1. The molecule has 3 aromatic heterocycles. The Morgan fingerprint density at radius 3 is 2.63 bits per heavy atom. The molecule has 194 valence electrons. The van der Waals surface area contributed by atoms with Crippen LogP contribution in [0.15, 0.2) is 70.7 Å². The van der Waals surface area contributed by atoms with E-state index in [1.54, 1.807) is 4.57 Å². The number of amides is 1. The van der Waals surface area contributed by atoms with Gasteiger partial charge in [-0.15, -0.1) is 11.3 Å². The van der Waals surface area contributed by atoms with Crippen molar-refractivity contribution in [2.45, 2.75) is 31.5 Å². The molecule has 0 spiro atoms.